The fourth-order valence-electron chi connectivity index (χ4n) is 3.88. The minimum Gasteiger partial charge on any atom is -0.365 e. The number of aromatic nitrogens is 7. The number of anilines is 1. The number of rotatable bonds is 7. The first-order valence-electron chi connectivity index (χ1n) is 11.2. The van der Waals surface area contributed by atoms with Crippen LogP contribution in [-0.4, -0.2) is 54.0 Å². The van der Waals surface area contributed by atoms with Crippen LogP contribution in [0.1, 0.15) is 36.5 Å². The van der Waals surface area contributed by atoms with Crippen molar-refractivity contribution in [1.29, 1.82) is 0 Å². The maximum absolute atomic E-state index is 12.5. The number of hydrogen-bond donors (Lipinski definition) is 3. The van der Waals surface area contributed by atoms with E-state index in [4.69, 9.17) is 5.73 Å². The Hall–Kier alpha value is -4.67. The minimum absolute atomic E-state index is 0.0474. The van der Waals surface area contributed by atoms with E-state index in [1.54, 1.807) is 36.7 Å². The van der Waals surface area contributed by atoms with Crippen LogP contribution in [0.3, 0.4) is 0 Å². The molecule has 0 atom stereocenters. The van der Waals surface area contributed by atoms with Gasteiger partial charge in [-0.15, -0.1) is 0 Å². The number of aromatic amines is 2. The van der Waals surface area contributed by atoms with Gasteiger partial charge < -0.3 is 15.6 Å². The number of amides is 2. The van der Waals surface area contributed by atoms with E-state index in [0.717, 1.165) is 29.4 Å². The molecule has 0 saturated heterocycles. The van der Waals surface area contributed by atoms with E-state index in [0.29, 0.717) is 40.3 Å². The molecule has 176 valence electrons. The average Bonchev–Trinajstić information content (AvgIpc) is 3.50. The van der Waals surface area contributed by atoms with Crippen molar-refractivity contribution in [2.75, 3.05) is 11.9 Å². The molecule has 35 heavy (non-hydrogen) atoms. The molecule has 0 radical (unpaired) electrons. The third-order valence-electron chi connectivity index (χ3n) is 5.86. The van der Waals surface area contributed by atoms with Gasteiger partial charge in [0.05, 0.1) is 34.5 Å². The summed E-state index contributed by atoms with van der Waals surface area (Å²) in [6.07, 6.45) is 10.4. The number of imidazole rings is 1. The SMILES string of the molecule is CCCCC(=O)N(C)c1cncc(-c2cnc3[nH]nc(-c4nc5c(C(N)=O)cncc5[nH]4)c3c2)c1. The van der Waals surface area contributed by atoms with Crippen molar-refractivity contribution >= 4 is 39.6 Å². The maximum atomic E-state index is 12.5. The van der Waals surface area contributed by atoms with Crippen LogP contribution in [0, 0.1) is 0 Å². The van der Waals surface area contributed by atoms with Crippen molar-refractivity contribution in [1.82, 2.24) is 35.1 Å². The molecule has 11 heteroatoms. The lowest BCUT2D eigenvalue weighted by Crippen LogP contribution is -2.25. The molecule has 5 rings (SSSR count). The van der Waals surface area contributed by atoms with Crippen LogP contribution in [0.25, 0.3) is 44.7 Å². The van der Waals surface area contributed by atoms with E-state index >= 15 is 0 Å². The predicted octanol–water partition coefficient (Wildman–Crippen LogP) is 3.21. The molecule has 5 aromatic rings. The number of primary amides is 1. The minimum atomic E-state index is -0.609. The summed E-state index contributed by atoms with van der Waals surface area (Å²) in [6, 6.07) is 3.84. The van der Waals surface area contributed by atoms with Crippen LogP contribution >= 0.6 is 0 Å². The Bertz CT molecular complexity index is 1570. The molecule has 0 aliphatic rings. The van der Waals surface area contributed by atoms with Crippen molar-refractivity contribution in [3.63, 3.8) is 0 Å². The van der Waals surface area contributed by atoms with Crippen molar-refractivity contribution in [2.24, 2.45) is 5.73 Å². The topological polar surface area (TPSA) is 159 Å². The van der Waals surface area contributed by atoms with Crippen LogP contribution in [0.2, 0.25) is 0 Å². The highest BCUT2D eigenvalue weighted by molar-refractivity contribution is 6.04. The summed E-state index contributed by atoms with van der Waals surface area (Å²) in [4.78, 5) is 46.4. The Morgan fingerprint density at radius 1 is 1.06 bits per heavy atom. The molecule has 4 N–H and O–H groups in total. The zero-order valence-corrected chi connectivity index (χ0v) is 19.2. The molecule has 0 aliphatic carbocycles. The van der Waals surface area contributed by atoms with Gasteiger partial charge in [-0.05, 0) is 18.6 Å². The molecule has 5 heterocycles. The second kappa shape index (κ2) is 8.93. The van der Waals surface area contributed by atoms with Gasteiger partial charge in [-0.25, -0.2) is 9.97 Å². The molecule has 5 aromatic heterocycles. The third kappa shape index (κ3) is 4.07. The van der Waals surface area contributed by atoms with Gasteiger partial charge in [-0.2, -0.15) is 5.10 Å². The van der Waals surface area contributed by atoms with Crippen LogP contribution in [-0.2, 0) is 4.79 Å². The zero-order chi connectivity index (χ0) is 24.5. The van der Waals surface area contributed by atoms with E-state index in [9.17, 15) is 9.59 Å². The summed E-state index contributed by atoms with van der Waals surface area (Å²) in [5, 5.41) is 8.03. The largest absolute Gasteiger partial charge is 0.365 e. The van der Waals surface area contributed by atoms with E-state index in [1.165, 1.54) is 6.20 Å². The highest BCUT2D eigenvalue weighted by Crippen LogP contribution is 2.30. The van der Waals surface area contributed by atoms with E-state index < -0.39 is 5.91 Å². The first kappa shape index (κ1) is 22.1. The van der Waals surface area contributed by atoms with Crippen molar-refractivity contribution in [3.05, 3.63) is 48.7 Å². The maximum Gasteiger partial charge on any atom is 0.252 e. The van der Waals surface area contributed by atoms with Crippen LogP contribution < -0.4 is 10.6 Å². The standard InChI is InChI=1S/C24H23N9O2/c1-3-4-5-19(34)33(2)15-6-13(8-26-10-15)14-7-16-21(31-32-23(16)28-9-14)24-29-18-12-27-11-17(22(25)35)20(18)30-24/h6-12H,3-5H2,1-2H3,(H2,25,35)(H,29,30)(H,28,31,32). The lowest BCUT2D eigenvalue weighted by atomic mass is 10.1. The van der Waals surface area contributed by atoms with Gasteiger partial charge in [-0.3, -0.25) is 24.7 Å². The number of hydrogen-bond acceptors (Lipinski definition) is 7. The number of carbonyl (C=O) groups is 2. The number of fused-ring (bicyclic) bond motifs is 2. The Labute approximate surface area is 199 Å². The fraction of sp³-hybridized carbons (Fsp3) is 0.208. The van der Waals surface area contributed by atoms with Crippen molar-refractivity contribution < 1.29 is 9.59 Å². The van der Waals surface area contributed by atoms with Gasteiger partial charge in [0.2, 0.25) is 5.91 Å². The van der Waals surface area contributed by atoms with Crippen molar-refractivity contribution in [2.45, 2.75) is 26.2 Å². The van der Waals surface area contributed by atoms with Gasteiger partial charge in [-0.1, -0.05) is 13.3 Å². The van der Waals surface area contributed by atoms with E-state index in [2.05, 4.69) is 42.0 Å². The number of unbranched alkanes of at least 4 members (excludes halogenated alkanes) is 1. The molecule has 0 fully saturated rings. The molecule has 0 spiro atoms. The molecule has 0 saturated carbocycles. The lowest BCUT2D eigenvalue weighted by molar-refractivity contribution is -0.118. The number of nitrogens with one attached hydrogen (secondary N) is 2. The molecule has 0 bridgehead atoms. The fourth-order valence-corrected chi connectivity index (χ4v) is 3.88. The normalized spacial score (nSPS) is 11.3. The number of H-pyrrole nitrogens is 2. The van der Waals surface area contributed by atoms with Gasteiger partial charge in [0.25, 0.3) is 5.91 Å². The molecule has 0 aromatic carbocycles. The van der Waals surface area contributed by atoms with Crippen LogP contribution in [0.4, 0.5) is 5.69 Å². The smallest absolute Gasteiger partial charge is 0.252 e. The highest BCUT2D eigenvalue weighted by Gasteiger charge is 2.18. The predicted molar refractivity (Wildman–Crippen MR) is 131 cm³/mol. The number of carbonyl (C=O) groups excluding carboxylic acids is 2. The Morgan fingerprint density at radius 3 is 2.66 bits per heavy atom. The number of nitrogens with zero attached hydrogens (tertiary/aromatic N) is 6. The van der Waals surface area contributed by atoms with Crippen LogP contribution in [0.5, 0.6) is 0 Å². The Morgan fingerprint density at radius 2 is 1.86 bits per heavy atom. The summed E-state index contributed by atoms with van der Waals surface area (Å²) >= 11 is 0. The summed E-state index contributed by atoms with van der Waals surface area (Å²) in [5.74, 6) is -0.109. The average molecular weight is 470 g/mol. The first-order valence-corrected chi connectivity index (χ1v) is 11.2. The molecular formula is C24H23N9O2. The lowest BCUT2D eigenvalue weighted by Gasteiger charge is -2.17. The number of pyridine rings is 3. The summed E-state index contributed by atoms with van der Waals surface area (Å²) in [5.41, 5.74) is 10.1. The van der Waals surface area contributed by atoms with Gasteiger partial charge in [0.1, 0.15) is 11.2 Å². The zero-order valence-electron chi connectivity index (χ0n) is 19.2. The third-order valence-corrected chi connectivity index (χ3v) is 5.86. The first-order chi connectivity index (χ1) is 17.0. The second-order valence-corrected chi connectivity index (χ2v) is 8.21. The Kier molecular flexibility index (Phi) is 5.65. The summed E-state index contributed by atoms with van der Waals surface area (Å²) in [6.45, 7) is 2.06. The molecule has 0 aliphatic heterocycles. The van der Waals surface area contributed by atoms with Crippen LogP contribution in [0.15, 0.2) is 43.1 Å². The van der Waals surface area contributed by atoms with Gasteiger partial charge in [0.15, 0.2) is 11.5 Å². The van der Waals surface area contributed by atoms with Gasteiger partial charge >= 0.3 is 0 Å². The molecule has 11 nitrogen and oxygen atoms in total. The Balaban J connectivity index is 1.53. The number of nitrogens with two attached hydrogens (primary N) is 1. The van der Waals surface area contributed by atoms with Gasteiger partial charge in [0, 0.05) is 43.2 Å². The molecular weight excluding hydrogens is 446 g/mol. The summed E-state index contributed by atoms with van der Waals surface area (Å²) in [7, 11) is 1.76. The second-order valence-electron chi connectivity index (χ2n) is 8.21. The van der Waals surface area contributed by atoms with Crippen molar-refractivity contribution in [3.8, 4) is 22.6 Å². The quantitative estimate of drug-likeness (QED) is 0.330. The van der Waals surface area contributed by atoms with E-state index in [-0.39, 0.29) is 11.5 Å². The van der Waals surface area contributed by atoms with E-state index in [1.807, 2.05) is 12.1 Å². The summed E-state index contributed by atoms with van der Waals surface area (Å²) < 4.78 is 0. The molecule has 2 amide bonds. The molecule has 0 unspecified atom stereocenters. The monoisotopic (exact) mass is 469 g/mol. The highest BCUT2D eigenvalue weighted by atomic mass is 16.2.